The van der Waals surface area contributed by atoms with Crippen LogP contribution in [-0.4, -0.2) is 19.7 Å². The van der Waals surface area contributed by atoms with Crippen molar-refractivity contribution in [1.82, 2.24) is 0 Å². The smallest absolute Gasteiger partial charge is 0.339 e. The summed E-state index contributed by atoms with van der Waals surface area (Å²) in [4.78, 5) is 11.6. The lowest BCUT2D eigenvalue weighted by Crippen LogP contribution is -2.06. The quantitative estimate of drug-likeness (QED) is 0.615. The Labute approximate surface area is 111 Å². The molecule has 0 spiro atoms. The Bertz CT molecular complexity index is 391. The minimum atomic E-state index is -0.353. The zero-order valence-electron chi connectivity index (χ0n) is 9.05. The molecule has 88 valence electrons. The standard InChI is InChI=1S/C11H12Br2O3/c1-3-16-11(14)8-5-10(15-2)7(6-12)4-9(8)13/h4-5H,3,6H2,1-2H3. The summed E-state index contributed by atoms with van der Waals surface area (Å²) < 4.78 is 10.9. The molecule has 0 aromatic heterocycles. The Kier molecular flexibility index (Phi) is 5.28. The predicted octanol–water partition coefficient (Wildman–Crippen LogP) is 3.53. The maximum atomic E-state index is 11.6. The van der Waals surface area contributed by atoms with Gasteiger partial charge in [0, 0.05) is 15.4 Å². The fourth-order valence-electron chi connectivity index (χ4n) is 1.25. The molecular weight excluding hydrogens is 340 g/mol. The molecule has 1 aromatic carbocycles. The van der Waals surface area contributed by atoms with Gasteiger partial charge in [-0.1, -0.05) is 15.9 Å². The topological polar surface area (TPSA) is 35.5 Å². The molecule has 3 nitrogen and oxygen atoms in total. The second-order valence-electron chi connectivity index (χ2n) is 3.00. The van der Waals surface area contributed by atoms with Gasteiger partial charge in [0.05, 0.1) is 19.3 Å². The highest BCUT2D eigenvalue weighted by Crippen LogP contribution is 2.29. The first-order valence-electron chi connectivity index (χ1n) is 4.73. The highest BCUT2D eigenvalue weighted by Gasteiger charge is 2.15. The molecule has 16 heavy (non-hydrogen) atoms. The lowest BCUT2D eigenvalue weighted by Gasteiger charge is -2.10. The fraction of sp³-hybridized carbons (Fsp3) is 0.364. The second-order valence-corrected chi connectivity index (χ2v) is 4.41. The Hall–Kier alpha value is -0.550. The SMILES string of the molecule is CCOC(=O)c1cc(OC)c(CBr)cc1Br. The maximum Gasteiger partial charge on any atom is 0.339 e. The molecule has 5 heteroatoms. The largest absolute Gasteiger partial charge is 0.496 e. The van der Waals surface area contributed by atoms with E-state index in [0.717, 1.165) is 5.56 Å². The molecule has 0 N–H and O–H groups in total. The van der Waals surface area contributed by atoms with Crippen molar-refractivity contribution in [2.75, 3.05) is 13.7 Å². The van der Waals surface area contributed by atoms with Crippen molar-refractivity contribution in [1.29, 1.82) is 0 Å². The van der Waals surface area contributed by atoms with Gasteiger partial charge in [-0.2, -0.15) is 0 Å². The minimum absolute atomic E-state index is 0.353. The first-order valence-corrected chi connectivity index (χ1v) is 6.65. The fourth-order valence-corrected chi connectivity index (χ4v) is 2.25. The molecule has 0 bridgehead atoms. The van der Waals surface area contributed by atoms with Gasteiger partial charge in [0.2, 0.25) is 0 Å². The molecule has 1 rings (SSSR count). The van der Waals surface area contributed by atoms with Crippen LogP contribution in [0.4, 0.5) is 0 Å². The zero-order chi connectivity index (χ0) is 12.1. The van der Waals surface area contributed by atoms with E-state index in [4.69, 9.17) is 9.47 Å². The van der Waals surface area contributed by atoms with Gasteiger partial charge >= 0.3 is 5.97 Å². The van der Waals surface area contributed by atoms with E-state index in [9.17, 15) is 4.79 Å². The van der Waals surface area contributed by atoms with Gasteiger partial charge in [-0.25, -0.2) is 4.79 Å². The highest BCUT2D eigenvalue weighted by molar-refractivity contribution is 9.10. The summed E-state index contributed by atoms with van der Waals surface area (Å²) >= 11 is 6.70. The van der Waals surface area contributed by atoms with Gasteiger partial charge in [-0.05, 0) is 35.0 Å². The molecule has 0 saturated carbocycles. The van der Waals surface area contributed by atoms with E-state index < -0.39 is 0 Å². The van der Waals surface area contributed by atoms with Crippen LogP contribution in [0.25, 0.3) is 0 Å². The molecule has 0 radical (unpaired) electrons. The van der Waals surface area contributed by atoms with Crippen LogP contribution >= 0.6 is 31.9 Å². The number of ether oxygens (including phenoxy) is 2. The van der Waals surface area contributed by atoms with Crippen LogP contribution in [-0.2, 0) is 10.1 Å². The normalized spacial score (nSPS) is 10.0. The second kappa shape index (κ2) is 6.25. The Morgan fingerprint density at radius 2 is 2.12 bits per heavy atom. The third kappa shape index (κ3) is 2.98. The number of hydrogen-bond acceptors (Lipinski definition) is 3. The molecular formula is C11H12Br2O3. The third-order valence-corrected chi connectivity index (χ3v) is 3.27. The van der Waals surface area contributed by atoms with Crippen molar-refractivity contribution in [2.45, 2.75) is 12.3 Å². The van der Waals surface area contributed by atoms with Crippen molar-refractivity contribution >= 4 is 37.8 Å². The monoisotopic (exact) mass is 350 g/mol. The number of hydrogen-bond donors (Lipinski definition) is 0. The van der Waals surface area contributed by atoms with Gasteiger partial charge < -0.3 is 9.47 Å². The molecule has 0 aliphatic rings. The molecule has 0 saturated heterocycles. The number of alkyl halides is 1. The molecule has 1 aromatic rings. The van der Waals surface area contributed by atoms with Crippen LogP contribution in [0.3, 0.4) is 0 Å². The lowest BCUT2D eigenvalue weighted by molar-refractivity contribution is 0.0525. The molecule has 0 heterocycles. The molecule has 0 fully saturated rings. The summed E-state index contributed by atoms with van der Waals surface area (Å²) in [6.07, 6.45) is 0. The summed E-state index contributed by atoms with van der Waals surface area (Å²) in [5.41, 5.74) is 1.45. The van der Waals surface area contributed by atoms with Crippen molar-refractivity contribution in [3.63, 3.8) is 0 Å². The lowest BCUT2D eigenvalue weighted by atomic mass is 10.1. The van der Waals surface area contributed by atoms with Gasteiger partial charge in [-0.15, -0.1) is 0 Å². The zero-order valence-corrected chi connectivity index (χ0v) is 12.2. The number of carbonyl (C=O) groups excluding carboxylic acids is 1. The van der Waals surface area contributed by atoms with Gasteiger partial charge in [0.25, 0.3) is 0 Å². The Balaban J connectivity index is 3.15. The molecule has 0 aliphatic heterocycles. The van der Waals surface area contributed by atoms with E-state index in [2.05, 4.69) is 31.9 Å². The maximum absolute atomic E-state index is 11.6. The van der Waals surface area contributed by atoms with Crippen LogP contribution in [0.15, 0.2) is 16.6 Å². The summed E-state index contributed by atoms with van der Waals surface area (Å²) in [5, 5.41) is 0.665. The van der Waals surface area contributed by atoms with Crippen LogP contribution < -0.4 is 4.74 Å². The number of rotatable bonds is 4. The highest BCUT2D eigenvalue weighted by atomic mass is 79.9. The minimum Gasteiger partial charge on any atom is -0.496 e. The predicted molar refractivity (Wildman–Crippen MR) is 69.3 cm³/mol. The van der Waals surface area contributed by atoms with E-state index in [1.54, 1.807) is 20.1 Å². The molecule has 0 atom stereocenters. The van der Waals surface area contributed by atoms with E-state index >= 15 is 0 Å². The average molecular weight is 352 g/mol. The Morgan fingerprint density at radius 1 is 1.44 bits per heavy atom. The van der Waals surface area contributed by atoms with E-state index in [0.29, 0.717) is 27.7 Å². The summed E-state index contributed by atoms with van der Waals surface area (Å²) in [7, 11) is 1.57. The van der Waals surface area contributed by atoms with E-state index in [1.165, 1.54) is 0 Å². The van der Waals surface area contributed by atoms with Crippen molar-refractivity contribution in [3.05, 3.63) is 27.7 Å². The first-order chi connectivity index (χ1) is 7.63. The van der Waals surface area contributed by atoms with Crippen molar-refractivity contribution < 1.29 is 14.3 Å². The summed E-state index contributed by atoms with van der Waals surface area (Å²) in [6, 6.07) is 3.53. The van der Waals surface area contributed by atoms with Gasteiger partial charge in [-0.3, -0.25) is 0 Å². The third-order valence-electron chi connectivity index (χ3n) is 2.01. The number of halogens is 2. The molecule has 0 amide bonds. The molecule has 0 aliphatic carbocycles. The Morgan fingerprint density at radius 3 is 2.62 bits per heavy atom. The van der Waals surface area contributed by atoms with Gasteiger partial charge in [0.1, 0.15) is 5.75 Å². The molecule has 0 unspecified atom stereocenters. The number of carbonyl (C=O) groups is 1. The average Bonchev–Trinajstić information content (AvgIpc) is 2.28. The van der Waals surface area contributed by atoms with Crippen LogP contribution in [0.5, 0.6) is 5.75 Å². The van der Waals surface area contributed by atoms with Crippen LogP contribution in [0.2, 0.25) is 0 Å². The summed E-state index contributed by atoms with van der Waals surface area (Å²) in [5.74, 6) is 0.317. The summed E-state index contributed by atoms with van der Waals surface area (Å²) in [6.45, 7) is 2.13. The van der Waals surface area contributed by atoms with Gasteiger partial charge in [0.15, 0.2) is 0 Å². The van der Waals surface area contributed by atoms with Crippen LogP contribution in [0, 0.1) is 0 Å². The van der Waals surface area contributed by atoms with E-state index in [-0.39, 0.29) is 5.97 Å². The number of methoxy groups -OCH3 is 1. The van der Waals surface area contributed by atoms with Crippen molar-refractivity contribution in [3.8, 4) is 5.75 Å². The first kappa shape index (κ1) is 13.5. The van der Waals surface area contributed by atoms with Crippen LogP contribution in [0.1, 0.15) is 22.8 Å². The van der Waals surface area contributed by atoms with E-state index in [1.807, 2.05) is 6.07 Å². The number of benzene rings is 1. The van der Waals surface area contributed by atoms with Crippen molar-refractivity contribution in [2.24, 2.45) is 0 Å². The number of esters is 1.